The Morgan fingerprint density at radius 2 is 1.62 bits per heavy atom. The summed E-state index contributed by atoms with van der Waals surface area (Å²) in [5.74, 6) is 4.38. The van der Waals surface area contributed by atoms with E-state index in [0.29, 0.717) is 41.4 Å². The van der Waals surface area contributed by atoms with Crippen LogP contribution < -0.4 is 10.2 Å². The number of rotatable bonds is 11. The first-order chi connectivity index (χ1) is 19.1. The third-order valence-corrected chi connectivity index (χ3v) is 7.44. The molecule has 6 nitrogen and oxygen atoms in total. The van der Waals surface area contributed by atoms with Gasteiger partial charge < -0.3 is 10.2 Å². The summed E-state index contributed by atoms with van der Waals surface area (Å²) in [4.78, 5) is 9.06. The normalized spacial score (nSPS) is 13.3. The molecule has 7 heteroatoms. The number of hydrogen-bond donors (Lipinski definition) is 1. The molecule has 2 heterocycles. The Morgan fingerprint density at radius 3 is 2.25 bits per heavy atom. The quantitative estimate of drug-likeness (QED) is 0.217. The molecule has 1 N–H and O–H groups in total. The van der Waals surface area contributed by atoms with Gasteiger partial charge in [-0.1, -0.05) is 79.4 Å². The lowest BCUT2D eigenvalue weighted by molar-refractivity contribution is 0.170. The largest absolute Gasteiger partial charge is 0.369 e. The molecule has 4 rings (SSSR count). The maximum absolute atomic E-state index is 10.1. The van der Waals surface area contributed by atoms with E-state index in [1.54, 1.807) is 4.90 Å². The fourth-order valence-corrected chi connectivity index (χ4v) is 5.34. The summed E-state index contributed by atoms with van der Waals surface area (Å²) in [5, 5.41) is 23.6. The third-order valence-electron chi connectivity index (χ3n) is 7.44. The van der Waals surface area contributed by atoms with Gasteiger partial charge in [-0.3, -0.25) is 4.90 Å². The Hall–Kier alpha value is -4.02. The maximum Gasteiger partial charge on any atom is 0.150 e. The topological polar surface area (TPSA) is 79.0 Å². The van der Waals surface area contributed by atoms with Crippen LogP contribution in [0.25, 0.3) is 11.1 Å². The lowest BCUT2D eigenvalue weighted by Gasteiger charge is -2.32. The molecule has 206 valence electrons. The molecule has 0 aliphatic carbocycles. The minimum absolute atomic E-state index is 0. The molecule has 0 amide bonds. The highest BCUT2D eigenvalue weighted by atomic mass is 35.5. The molecular formula is C33H37ClN6. The van der Waals surface area contributed by atoms with E-state index in [-0.39, 0.29) is 12.4 Å². The molecule has 1 saturated heterocycles. The highest BCUT2D eigenvalue weighted by Crippen LogP contribution is 2.36. The van der Waals surface area contributed by atoms with E-state index in [1.165, 1.54) is 24.8 Å². The third kappa shape index (κ3) is 7.77. The number of benzene rings is 2. The predicted molar refractivity (Wildman–Crippen MR) is 165 cm³/mol. The maximum atomic E-state index is 10.1. The van der Waals surface area contributed by atoms with Crippen LogP contribution >= 0.6 is 12.4 Å². The zero-order chi connectivity index (χ0) is 27.5. The van der Waals surface area contributed by atoms with Crippen LogP contribution in [0.5, 0.6) is 0 Å². The van der Waals surface area contributed by atoms with Gasteiger partial charge in [-0.15, -0.1) is 18.8 Å². The van der Waals surface area contributed by atoms with Gasteiger partial charge >= 0.3 is 0 Å². The number of nitrogens with zero attached hydrogens (tertiary/aromatic N) is 5. The number of unbranched alkanes of at least 4 members (excludes halogenated alkanes) is 1. The second-order valence-corrected chi connectivity index (χ2v) is 10.2. The number of piperidine rings is 1. The van der Waals surface area contributed by atoms with Crippen molar-refractivity contribution in [3.05, 3.63) is 77.4 Å². The lowest BCUT2D eigenvalue weighted by atomic mass is 9.91. The van der Waals surface area contributed by atoms with Crippen LogP contribution in [0.3, 0.4) is 0 Å². The molecule has 3 aromatic rings. The van der Waals surface area contributed by atoms with Gasteiger partial charge in [0.15, 0.2) is 0 Å². The number of pyridine rings is 1. The van der Waals surface area contributed by atoms with Gasteiger partial charge in [-0.2, -0.15) is 10.5 Å². The van der Waals surface area contributed by atoms with Crippen LogP contribution in [0.15, 0.2) is 60.7 Å². The zero-order valence-electron chi connectivity index (χ0n) is 23.1. The van der Waals surface area contributed by atoms with E-state index in [0.717, 1.165) is 44.0 Å². The predicted octanol–water partition coefficient (Wildman–Crippen LogP) is 6.48. The van der Waals surface area contributed by atoms with Crippen molar-refractivity contribution in [2.24, 2.45) is 5.92 Å². The van der Waals surface area contributed by atoms with Crippen LogP contribution in [0.1, 0.15) is 48.8 Å². The second-order valence-electron chi connectivity index (χ2n) is 10.2. The van der Waals surface area contributed by atoms with Crippen molar-refractivity contribution in [1.29, 1.82) is 10.5 Å². The van der Waals surface area contributed by atoms with Gasteiger partial charge in [-0.05, 0) is 49.4 Å². The van der Waals surface area contributed by atoms with E-state index in [1.807, 2.05) is 37.4 Å². The summed E-state index contributed by atoms with van der Waals surface area (Å²) in [5.41, 5.74) is 3.55. The van der Waals surface area contributed by atoms with E-state index < -0.39 is 0 Å². The zero-order valence-corrected chi connectivity index (χ0v) is 24.0. The number of halogens is 1. The standard InChI is InChI=1S/C33H36N6.ClH/c1-3-20-38(2)33-30(24-35)31(28-15-8-5-9-16-28)29(23-34)32(37-33)36-19-11-10-12-26-17-21-39(22-18-26)25-27-13-6-4-7-14-27;/h1,4-9,13-16,26H,10-12,17-22,25H2,2H3,(H,36,37);1H. The molecule has 1 aromatic heterocycles. The molecule has 0 atom stereocenters. The minimum atomic E-state index is 0. The molecule has 0 saturated carbocycles. The lowest BCUT2D eigenvalue weighted by Crippen LogP contribution is -2.33. The number of nitriles is 2. The molecule has 0 radical (unpaired) electrons. The van der Waals surface area contributed by atoms with Crippen molar-refractivity contribution < 1.29 is 0 Å². The SMILES string of the molecule is C#CCN(C)c1nc(NCCCCC2CCN(Cc3ccccc3)CC2)c(C#N)c(-c2ccccc2)c1C#N.Cl. The summed E-state index contributed by atoms with van der Waals surface area (Å²) in [6.07, 6.45) is 11.4. The Balaban J connectivity index is 0.00000441. The average molecular weight is 553 g/mol. The van der Waals surface area contributed by atoms with Crippen molar-refractivity contribution in [1.82, 2.24) is 9.88 Å². The van der Waals surface area contributed by atoms with Crippen LogP contribution in [0.2, 0.25) is 0 Å². The van der Waals surface area contributed by atoms with Crippen LogP contribution in [0.4, 0.5) is 11.6 Å². The van der Waals surface area contributed by atoms with Crippen molar-refractivity contribution in [2.75, 3.05) is 43.4 Å². The average Bonchev–Trinajstić information content (AvgIpc) is 2.98. The summed E-state index contributed by atoms with van der Waals surface area (Å²) >= 11 is 0. The number of nitrogens with one attached hydrogen (secondary N) is 1. The molecule has 0 unspecified atom stereocenters. The Labute approximate surface area is 245 Å². The van der Waals surface area contributed by atoms with Crippen molar-refractivity contribution in [3.8, 4) is 35.6 Å². The summed E-state index contributed by atoms with van der Waals surface area (Å²) in [7, 11) is 1.82. The van der Waals surface area contributed by atoms with E-state index in [4.69, 9.17) is 11.4 Å². The van der Waals surface area contributed by atoms with Crippen molar-refractivity contribution in [2.45, 2.75) is 38.6 Å². The molecule has 0 spiro atoms. The summed E-state index contributed by atoms with van der Waals surface area (Å²) in [6, 6.07) is 24.9. The van der Waals surface area contributed by atoms with Gasteiger partial charge in [0, 0.05) is 25.7 Å². The molecule has 1 aliphatic heterocycles. The number of terminal acetylenes is 1. The molecule has 1 fully saturated rings. The first kappa shape index (κ1) is 30.5. The molecule has 1 aliphatic rings. The van der Waals surface area contributed by atoms with Crippen LogP contribution in [0, 0.1) is 40.9 Å². The number of hydrogen-bond acceptors (Lipinski definition) is 6. The first-order valence-corrected chi connectivity index (χ1v) is 13.7. The van der Waals surface area contributed by atoms with Crippen molar-refractivity contribution in [3.63, 3.8) is 0 Å². The van der Waals surface area contributed by atoms with Gasteiger partial charge in [0.2, 0.25) is 0 Å². The molecule has 40 heavy (non-hydrogen) atoms. The minimum Gasteiger partial charge on any atom is -0.369 e. The molecule has 0 bridgehead atoms. The monoisotopic (exact) mass is 552 g/mol. The number of anilines is 2. The Kier molecular flexibility index (Phi) is 11.9. The van der Waals surface area contributed by atoms with E-state index in [2.05, 4.69) is 58.6 Å². The van der Waals surface area contributed by atoms with Crippen LogP contribution in [-0.2, 0) is 6.54 Å². The van der Waals surface area contributed by atoms with E-state index in [9.17, 15) is 10.5 Å². The van der Waals surface area contributed by atoms with Crippen molar-refractivity contribution >= 4 is 24.0 Å². The fourth-order valence-electron chi connectivity index (χ4n) is 5.34. The fraction of sp³-hybridized carbons (Fsp3) is 0.364. The molecule has 2 aromatic carbocycles. The highest BCUT2D eigenvalue weighted by Gasteiger charge is 2.23. The molecular weight excluding hydrogens is 516 g/mol. The number of likely N-dealkylation sites (tertiary alicyclic amines) is 1. The Morgan fingerprint density at radius 1 is 0.975 bits per heavy atom. The summed E-state index contributed by atoms with van der Waals surface area (Å²) in [6.45, 7) is 4.39. The van der Waals surface area contributed by atoms with Gasteiger partial charge in [-0.25, -0.2) is 4.98 Å². The van der Waals surface area contributed by atoms with Gasteiger partial charge in [0.05, 0.1) is 6.54 Å². The van der Waals surface area contributed by atoms with Crippen LogP contribution in [-0.4, -0.2) is 43.1 Å². The van der Waals surface area contributed by atoms with E-state index >= 15 is 0 Å². The number of aromatic nitrogens is 1. The first-order valence-electron chi connectivity index (χ1n) is 13.7. The smallest absolute Gasteiger partial charge is 0.150 e. The summed E-state index contributed by atoms with van der Waals surface area (Å²) < 4.78 is 0. The van der Waals surface area contributed by atoms with Gasteiger partial charge in [0.1, 0.15) is 34.9 Å². The highest BCUT2D eigenvalue weighted by molar-refractivity contribution is 5.86. The Bertz CT molecular complexity index is 1350. The second kappa shape index (κ2) is 15.5. The van der Waals surface area contributed by atoms with Gasteiger partial charge in [0.25, 0.3) is 0 Å².